The smallest absolute Gasteiger partial charge is 0.265 e. The average Bonchev–Trinajstić information content (AvgIpc) is 2.80. The molecule has 7 heteroatoms. The molecular formula is C24H24N4O3. The van der Waals surface area contributed by atoms with Crippen molar-refractivity contribution in [3.8, 4) is 5.75 Å². The zero-order chi connectivity index (χ0) is 21.8. The van der Waals surface area contributed by atoms with Gasteiger partial charge in [0.1, 0.15) is 5.75 Å². The summed E-state index contributed by atoms with van der Waals surface area (Å²) in [6.45, 7) is 1.98. The summed E-state index contributed by atoms with van der Waals surface area (Å²) in [5.41, 5.74) is 3.75. The molecule has 0 spiro atoms. The van der Waals surface area contributed by atoms with Crippen LogP contribution in [0.25, 0.3) is 0 Å². The Morgan fingerprint density at radius 3 is 2.65 bits per heavy atom. The molecule has 3 N–H and O–H groups in total. The van der Waals surface area contributed by atoms with Crippen LogP contribution in [0.5, 0.6) is 5.75 Å². The Bertz CT molecular complexity index is 1130. The lowest BCUT2D eigenvalue weighted by Gasteiger charge is -2.25. The van der Waals surface area contributed by atoms with E-state index in [2.05, 4.69) is 20.9 Å². The van der Waals surface area contributed by atoms with E-state index in [1.54, 1.807) is 13.1 Å². The fourth-order valence-corrected chi connectivity index (χ4v) is 3.49. The van der Waals surface area contributed by atoms with Crippen molar-refractivity contribution >= 4 is 29.0 Å². The number of para-hydroxylation sites is 2. The number of nitrogens with zero attached hydrogens (tertiary/aromatic N) is 1. The second-order valence-electron chi connectivity index (χ2n) is 7.38. The molecule has 0 fully saturated rings. The van der Waals surface area contributed by atoms with Crippen LogP contribution < -0.4 is 20.7 Å². The van der Waals surface area contributed by atoms with E-state index in [-0.39, 0.29) is 11.8 Å². The zero-order valence-corrected chi connectivity index (χ0v) is 17.4. The van der Waals surface area contributed by atoms with Crippen LogP contribution in [0.1, 0.15) is 27.9 Å². The van der Waals surface area contributed by atoms with E-state index in [9.17, 15) is 9.59 Å². The van der Waals surface area contributed by atoms with E-state index in [0.717, 1.165) is 29.0 Å². The Morgan fingerprint density at radius 1 is 1.06 bits per heavy atom. The van der Waals surface area contributed by atoms with Crippen LogP contribution in [-0.4, -0.2) is 29.9 Å². The second-order valence-corrected chi connectivity index (χ2v) is 7.38. The van der Waals surface area contributed by atoms with Crippen LogP contribution in [0.2, 0.25) is 0 Å². The standard InChI is InChI=1S/C24H24N4O3/c1-15-7-3-5-9-18(15)27-22-19(13-17(14-26-22)23(29)25-2)28-24(30)21-12-11-16-8-4-6-10-20(16)31-21/h3-10,13-14,21H,11-12H2,1-2H3,(H,25,29)(H,26,27)(H,28,30). The molecule has 3 aromatic rings. The molecule has 2 amide bonds. The first-order valence-electron chi connectivity index (χ1n) is 10.2. The van der Waals surface area contributed by atoms with E-state index in [1.165, 1.54) is 6.20 Å². The third kappa shape index (κ3) is 4.50. The van der Waals surface area contributed by atoms with Gasteiger partial charge in [-0.1, -0.05) is 36.4 Å². The Balaban J connectivity index is 1.60. The minimum atomic E-state index is -0.620. The number of hydrogen-bond acceptors (Lipinski definition) is 5. The first kappa shape index (κ1) is 20.4. The zero-order valence-electron chi connectivity index (χ0n) is 17.4. The number of carbonyl (C=O) groups is 2. The van der Waals surface area contributed by atoms with Crippen molar-refractivity contribution in [2.45, 2.75) is 25.9 Å². The molecule has 0 saturated heterocycles. The van der Waals surface area contributed by atoms with E-state index in [1.807, 2.05) is 55.5 Å². The first-order chi connectivity index (χ1) is 15.0. The molecule has 1 atom stereocenters. The van der Waals surface area contributed by atoms with Crippen LogP contribution in [-0.2, 0) is 11.2 Å². The second kappa shape index (κ2) is 8.87. The minimum absolute atomic E-state index is 0.279. The van der Waals surface area contributed by atoms with Crippen LogP contribution in [0, 0.1) is 6.92 Å². The van der Waals surface area contributed by atoms with Crippen LogP contribution in [0.4, 0.5) is 17.2 Å². The van der Waals surface area contributed by atoms with Gasteiger partial charge < -0.3 is 20.7 Å². The molecule has 31 heavy (non-hydrogen) atoms. The van der Waals surface area contributed by atoms with Crippen LogP contribution in [0.3, 0.4) is 0 Å². The summed E-state index contributed by atoms with van der Waals surface area (Å²) in [5, 5.41) is 8.73. The number of ether oxygens (including phenoxy) is 1. The number of anilines is 3. The number of fused-ring (bicyclic) bond motifs is 1. The van der Waals surface area contributed by atoms with Crippen LogP contribution in [0.15, 0.2) is 60.8 Å². The summed E-state index contributed by atoms with van der Waals surface area (Å²) in [6.07, 6.45) is 2.19. The highest BCUT2D eigenvalue weighted by Crippen LogP contribution is 2.30. The highest BCUT2D eigenvalue weighted by Gasteiger charge is 2.27. The third-order valence-electron chi connectivity index (χ3n) is 5.24. The van der Waals surface area contributed by atoms with Gasteiger partial charge in [-0.25, -0.2) is 4.98 Å². The number of benzene rings is 2. The molecule has 2 heterocycles. The molecule has 158 valence electrons. The summed E-state index contributed by atoms with van der Waals surface area (Å²) >= 11 is 0. The maximum absolute atomic E-state index is 13.0. The Kier molecular flexibility index (Phi) is 5.84. The van der Waals surface area contributed by atoms with Gasteiger partial charge in [0, 0.05) is 18.9 Å². The fourth-order valence-electron chi connectivity index (χ4n) is 3.49. The number of rotatable bonds is 5. The monoisotopic (exact) mass is 416 g/mol. The van der Waals surface area contributed by atoms with Gasteiger partial charge in [-0.05, 0) is 49.1 Å². The Hall–Kier alpha value is -3.87. The molecule has 1 aliphatic rings. The van der Waals surface area contributed by atoms with Crippen molar-refractivity contribution in [2.24, 2.45) is 0 Å². The predicted molar refractivity (Wildman–Crippen MR) is 120 cm³/mol. The number of pyridine rings is 1. The molecule has 4 rings (SSSR count). The normalized spacial score (nSPS) is 14.7. The Morgan fingerprint density at radius 2 is 1.84 bits per heavy atom. The van der Waals surface area contributed by atoms with Crippen molar-refractivity contribution in [1.82, 2.24) is 10.3 Å². The molecule has 2 aromatic carbocycles. The molecule has 0 aliphatic carbocycles. The quantitative estimate of drug-likeness (QED) is 0.588. The largest absolute Gasteiger partial charge is 0.480 e. The van der Waals surface area contributed by atoms with E-state index < -0.39 is 6.10 Å². The summed E-state index contributed by atoms with van der Waals surface area (Å²) in [5.74, 6) is 0.613. The average molecular weight is 416 g/mol. The van der Waals surface area contributed by atoms with E-state index in [4.69, 9.17) is 4.74 Å². The van der Waals surface area contributed by atoms with Crippen molar-refractivity contribution in [3.63, 3.8) is 0 Å². The topological polar surface area (TPSA) is 92.4 Å². The number of carbonyl (C=O) groups excluding carboxylic acids is 2. The molecule has 1 aliphatic heterocycles. The lowest BCUT2D eigenvalue weighted by atomic mass is 10.0. The molecule has 1 unspecified atom stereocenters. The van der Waals surface area contributed by atoms with E-state index >= 15 is 0 Å². The Labute approximate surface area is 180 Å². The molecular weight excluding hydrogens is 392 g/mol. The number of nitrogens with one attached hydrogen (secondary N) is 3. The number of hydrogen-bond donors (Lipinski definition) is 3. The number of amides is 2. The summed E-state index contributed by atoms with van der Waals surface area (Å²) in [7, 11) is 1.55. The molecule has 0 bridgehead atoms. The highest BCUT2D eigenvalue weighted by molar-refractivity contribution is 6.00. The highest BCUT2D eigenvalue weighted by atomic mass is 16.5. The fraction of sp³-hybridized carbons (Fsp3) is 0.208. The lowest BCUT2D eigenvalue weighted by molar-refractivity contribution is -0.123. The van der Waals surface area contributed by atoms with Gasteiger partial charge in [0.25, 0.3) is 11.8 Å². The van der Waals surface area contributed by atoms with Gasteiger partial charge in [-0.3, -0.25) is 9.59 Å². The van der Waals surface area contributed by atoms with Gasteiger partial charge in [-0.2, -0.15) is 0 Å². The SMILES string of the molecule is CNC(=O)c1cnc(Nc2ccccc2C)c(NC(=O)C2CCc3ccccc3O2)c1. The third-order valence-corrected chi connectivity index (χ3v) is 5.24. The predicted octanol–water partition coefficient (Wildman–Crippen LogP) is 3.83. The molecule has 0 saturated carbocycles. The maximum Gasteiger partial charge on any atom is 0.265 e. The van der Waals surface area contributed by atoms with Crippen LogP contribution >= 0.6 is 0 Å². The van der Waals surface area contributed by atoms with Crippen molar-refractivity contribution < 1.29 is 14.3 Å². The van der Waals surface area contributed by atoms with E-state index in [0.29, 0.717) is 23.5 Å². The van der Waals surface area contributed by atoms with Crippen molar-refractivity contribution in [1.29, 1.82) is 0 Å². The van der Waals surface area contributed by atoms with Gasteiger partial charge >= 0.3 is 0 Å². The maximum atomic E-state index is 13.0. The molecule has 0 radical (unpaired) electrons. The van der Waals surface area contributed by atoms with Gasteiger partial charge in [0.2, 0.25) is 0 Å². The van der Waals surface area contributed by atoms with Gasteiger partial charge in [-0.15, -0.1) is 0 Å². The summed E-state index contributed by atoms with van der Waals surface area (Å²) in [4.78, 5) is 29.5. The minimum Gasteiger partial charge on any atom is -0.480 e. The van der Waals surface area contributed by atoms with Crippen molar-refractivity contribution in [2.75, 3.05) is 17.7 Å². The number of aryl methyl sites for hydroxylation is 2. The molecule has 1 aromatic heterocycles. The first-order valence-corrected chi connectivity index (χ1v) is 10.2. The summed E-state index contributed by atoms with van der Waals surface area (Å²) in [6, 6.07) is 17.1. The number of aromatic nitrogens is 1. The summed E-state index contributed by atoms with van der Waals surface area (Å²) < 4.78 is 5.91. The van der Waals surface area contributed by atoms with Crippen molar-refractivity contribution in [3.05, 3.63) is 77.5 Å². The lowest BCUT2D eigenvalue weighted by Crippen LogP contribution is -2.36. The van der Waals surface area contributed by atoms with Gasteiger partial charge in [0.05, 0.1) is 11.3 Å². The van der Waals surface area contributed by atoms with Gasteiger partial charge in [0.15, 0.2) is 11.9 Å². The molecule has 7 nitrogen and oxygen atoms in total.